The van der Waals surface area contributed by atoms with Crippen molar-refractivity contribution in [3.8, 4) is 0 Å². The molecule has 1 aromatic rings. The zero-order chi connectivity index (χ0) is 12.5. The van der Waals surface area contributed by atoms with Crippen LogP contribution in [0.4, 0.5) is 4.79 Å². The van der Waals surface area contributed by atoms with Crippen molar-refractivity contribution in [1.82, 2.24) is 15.3 Å². The van der Waals surface area contributed by atoms with Crippen LogP contribution in [0.15, 0.2) is 12.4 Å². The number of nitrogens with one attached hydrogen (secondary N) is 2. The Balaban J connectivity index is 1.69. The lowest BCUT2D eigenvalue weighted by molar-refractivity contribution is 0.0525. The molecule has 0 bridgehead atoms. The molecule has 1 aliphatic rings. The molecular weight excluding hydrogens is 218 g/mol. The average molecular weight is 237 g/mol. The summed E-state index contributed by atoms with van der Waals surface area (Å²) < 4.78 is 5.17. The third-order valence-electron chi connectivity index (χ3n) is 2.70. The summed E-state index contributed by atoms with van der Waals surface area (Å²) in [6.45, 7) is 6.22. The first-order valence-electron chi connectivity index (χ1n) is 5.92. The van der Waals surface area contributed by atoms with Crippen LogP contribution in [-0.2, 0) is 4.74 Å². The average Bonchev–Trinajstić information content (AvgIpc) is 2.76. The number of alkyl carbamates (subject to hydrolysis) is 1. The van der Waals surface area contributed by atoms with Gasteiger partial charge in [0.25, 0.3) is 0 Å². The fourth-order valence-electron chi connectivity index (χ4n) is 1.82. The molecule has 94 valence electrons. The van der Waals surface area contributed by atoms with Crippen molar-refractivity contribution in [3.63, 3.8) is 0 Å². The lowest BCUT2D eigenvalue weighted by atomic mass is 10.2. The highest BCUT2D eigenvalue weighted by Crippen LogP contribution is 2.45. The molecule has 5 heteroatoms. The predicted octanol–water partition coefficient (Wildman–Crippen LogP) is 2.04. The Morgan fingerprint density at radius 1 is 1.65 bits per heavy atom. The third kappa shape index (κ3) is 3.47. The van der Waals surface area contributed by atoms with Gasteiger partial charge in [-0.3, -0.25) is 0 Å². The summed E-state index contributed by atoms with van der Waals surface area (Å²) in [5.74, 6) is 1.95. The van der Waals surface area contributed by atoms with Crippen LogP contribution in [0, 0.1) is 5.92 Å². The van der Waals surface area contributed by atoms with Gasteiger partial charge in [-0.25, -0.2) is 9.78 Å². The van der Waals surface area contributed by atoms with Gasteiger partial charge in [0, 0.05) is 24.9 Å². The largest absolute Gasteiger partial charge is 0.444 e. The number of hydrogen-bond acceptors (Lipinski definition) is 3. The van der Waals surface area contributed by atoms with E-state index in [1.165, 1.54) is 0 Å². The van der Waals surface area contributed by atoms with Crippen LogP contribution >= 0.6 is 0 Å². The SMILES string of the molecule is CC(C)(C)OC(=O)NCC1CC1c1ncc[nH]1. The molecule has 2 N–H and O–H groups in total. The van der Waals surface area contributed by atoms with Gasteiger partial charge in [-0.1, -0.05) is 0 Å². The van der Waals surface area contributed by atoms with Crippen molar-refractivity contribution in [3.05, 3.63) is 18.2 Å². The highest BCUT2D eigenvalue weighted by Gasteiger charge is 2.40. The van der Waals surface area contributed by atoms with Crippen molar-refractivity contribution in [2.45, 2.75) is 38.7 Å². The van der Waals surface area contributed by atoms with Gasteiger partial charge in [0.05, 0.1) is 0 Å². The van der Waals surface area contributed by atoms with E-state index < -0.39 is 5.60 Å². The lowest BCUT2D eigenvalue weighted by Gasteiger charge is -2.19. The van der Waals surface area contributed by atoms with E-state index in [-0.39, 0.29) is 6.09 Å². The van der Waals surface area contributed by atoms with Crippen LogP contribution in [0.2, 0.25) is 0 Å². The summed E-state index contributed by atoms with van der Waals surface area (Å²) in [4.78, 5) is 18.7. The smallest absolute Gasteiger partial charge is 0.407 e. The predicted molar refractivity (Wildman–Crippen MR) is 63.7 cm³/mol. The van der Waals surface area contributed by atoms with E-state index in [1.807, 2.05) is 27.0 Å². The standard InChI is InChI=1S/C12H19N3O2/c1-12(2,3)17-11(16)15-7-8-6-9(8)10-13-4-5-14-10/h4-5,8-9H,6-7H2,1-3H3,(H,13,14)(H,15,16). The minimum atomic E-state index is -0.436. The van der Waals surface area contributed by atoms with Crippen molar-refractivity contribution in [2.75, 3.05) is 6.54 Å². The van der Waals surface area contributed by atoms with Gasteiger partial charge < -0.3 is 15.0 Å². The van der Waals surface area contributed by atoms with Crippen LogP contribution in [-0.4, -0.2) is 28.2 Å². The zero-order valence-corrected chi connectivity index (χ0v) is 10.5. The molecule has 1 saturated carbocycles. The molecular formula is C12H19N3O2. The molecule has 1 aromatic heterocycles. The number of H-pyrrole nitrogens is 1. The Morgan fingerprint density at radius 2 is 2.41 bits per heavy atom. The van der Waals surface area contributed by atoms with Crippen molar-refractivity contribution in [2.24, 2.45) is 5.92 Å². The number of aromatic nitrogens is 2. The van der Waals surface area contributed by atoms with Crippen LogP contribution < -0.4 is 5.32 Å². The van der Waals surface area contributed by atoms with E-state index in [1.54, 1.807) is 6.20 Å². The van der Waals surface area contributed by atoms with E-state index in [2.05, 4.69) is 15.3 Å². The van der Waals surface area contributed by atoms with Gasteiger partial charge in [0.15, 0.2) is 0 Å². The number of imidazole rings is 1. The Labute approximate surface area is 101 Å². The monoisotopic (exact) mass is 237 g/mol. The molecule has 0 spiro atoms. The van der Waals surface area contributed by atoms with Crippen LogP contribution in [0.5, 0.6) is 0 Å². The van der Waals surface area contributed by atoms with Crippen molar-refractivity contribution >= 4 is 6.09 Å². The van der Waals surface area contributed by atoms with Crippen molar-refractivity contribution in [1.29, 1.82) is 0 Å². The van der Waals surface area contributed by atoms with E-state index in [0.29, 0.717) is 18.4 Å². The van der Waals surface area contributed by atoms with E-state index >= 15 is 0 Å². The molecule has 2 unspecified atom stereocenters. The zero-order valence-electron chi connectivity index (χ0n) is 10.5. The molecule has 0 radical (unpaired) electrons. The van der Waals surface area contributed by atoms with E-state index in [9.17, 15) is 4.79 Å². The van der Waals surface area contributed by atoms with Crippen LogP contribution in [0.3, 0.4) is 0 Å². The number of carbonyl (C=O) groups is 1. The summed E-state index contributed by atoms with van der Waals surface area (Å²) in [6.07, 6.45) is 4.31. The lowest BCUT2D eigenvalue weighted by Crippen LogP contribution is -2.33. The number of rotatable bonds is 3. The first-order valence-corrected chi connectivity index (χ1v) is 5.92. The third-order valence-corrected chi connectivity index (χ3v) is 2.70. The molecule has 0 aromatic carbocycles. The number of nitrogens with zero attached hydrogens (tertiary/aromatic N) is 1. The van der Waals surface area contributed by atoms with Crippen molar-refractivity contribution < 1.29 is 9.53 Å². The molecule has 2 rings (SSSR count). The number of hydrogen-bond donors (Lipinski definition) is 2. The number of aromatic amines is 1. The molecule has 2 atom stereocenters. The maximum atomic E-state index is 11.4. The summed E-state index contributed by atoms with van der Waals surface area (Å²) in [6, 6.07) is 0. The summed E-state index contributed by atoms with van der Waals surface area (Å²) >= 11 is 0. The molecule has 1 aliphatic carbocycles. The second-order valence-corrected chi connectivity index (χ2v) is 5.46. The molecule has 0 saturated heterocycles. The fraction of sp³-hybridized carbons (Fsp3) is 0.667. The molecule has 1 amide bonds. The first-order chi connectivity index (χ1) is 7.96. The molecule has 5 nitrogen and oxygen atoms in total. The number of amides is 1. The number of carbonyl (C=O) groups excluding carboxylic acids is 1. The van der Waals surface area contributed by atoms with Gasteiger partial charge >= 0.3 is 6.09 Å². The highest BCUT2D eigenvalue weighted by molar-refractivity contribution is 5.67. The first kappa shape index (κ1) is 12.0. The second-order valence-electron chi connectivity index (χ2n) is 5.46. The van der Waals surface area contributed by atoms with Gasteiger partial charge in [-0.05, 0) is 33.1 Å². The summed E-state index contributed by atoms with van der Waals surface area (Å²) in [5, 5.41) is 2.79. The Bertz CT molecular complexity index is 381. The topological polar surface area (TPSA) is 67.0 Å². The Hall–Kier alpha value is -1.52. The van der Waals surface area contributed by atoms with Gasteiger partial charge in [-0.15, -0.1) is 0 Å². The Kier molecular flexibility index (Phi) is 3.09. The minimum absolute atomic E-state index is 0.345. The second kappa shape index (κ2) is 4.39. The fourth-order valence-corrected chi connectivity index (χ4v) is 1.82. The Morgan fingerprint density at radius 3 is 3.00 bits per heavy atom. The quantitative estimate of drug-likeness (QED) is 0.845. The normalized spacial score (nSPS) is 23.2. The van der Waals surface area contributed by atoms with Gasteiger partial charge in [0.1, 0.15) is 11.4 Å². The van der Waals surface area contributed by atoms with Crippen LogP contribution in [0.1, 0.15) is 38.9 Å². The van der Waals surface area contributed by atoms with E-state index in [0.717, 1.165) is 12.2 Å². The molecule has 1 heterocycles. The van der Waals surface area contributed by atoms with Gasteiger partial charge in [-0.2, -0.15) is 0 Å². The van der Waals surface area contributed by atoms with Crippen LogP contribution in [0.25, 0.3) is 0 Å². The van der Waals surface area contributed by atoms with Gasteiger partial charge in [0.2, 0.25) is 0 Å². The van der Waals surface area contributed by atoms with E-state index in [4.69, 9.17) is 4.74 Å². The number of ether oxygens (including phenoxy) is 1. The maximum Gasteiger partial charge on any atom is 0.407 e. The highest BCUT2D eigenvalue weighted by atomic mass is 16.6. The summed E-state index contributed by atoms with van der Waals surface area (Å²) in [5.41, 5.74) is -0.436. The summed E-state index contributed by atoms with van der Waals surface area (Å²) in [7, 11) is 0. The molecule has 0 aliphatic heterocycles. The molecule has 1 fully saturated rings. The maximum absolute atomic E-state index is 11.4. The molecule has 17 heavy (non-hydrogen) atoms. The minimum Gasteiger partial charge on any atom is -0.444 e.